The van der Waals surface area contributed by atoms with Crippen molar-refractivity contribution in [2.24, 2.45) is 0 Å². The lowest BCUT2D eigenvalue weighted by atomic mass is 10.3. The molecule has 1 fully saturated rings. The van der Waals surface area contributed by atoms with Gasteiger partial charge in [0.05, 0.1) is 13.2 Å². The van der Waals surface area contributed by atoms with Gasteiger partial charge in [0.25, 0.3) is 5.89 Å². The summed E-state index contributed by atoms with van der Waals surface area (Å²) in [5, 5.41) is 6.43. The third-order valence-electron chi connectivity index (χ3n) is 3.31. The third kappa shape index (κ3) is 1.62. The number of nitrogens with one attached hydrogen (secondary N) is 1. The van der Waals surface area contributed by atoms with Crippen LogP contribution in [0.2, 0.25) is 0 Å². The summed E-state index contributed by atoms with van der Waals surface area (Å²) >= 11 is 0. The maximum atomic E-state index is 5.41. The number of ether oxygens (including phenoxy) is 1. The van der Waals surface area contributed by atoms with Crippen molar-refractivity contribution >= 4 is 11.5 Å². The molecule has 7 heteroatoms. The SMILES string of the molecule is c1ccn2c(N3CCOCC3)c(-c3n[nH]o3)nc2c1. The highest BCUT2D eigenvalue weighted by Gasteiger charge is 2.24. The van der Waals surface area contributed by atoms with Gasteiger partial charge in [0, 0.05) is 19.3 Å². The molecule has 1 aliphatic rings. The molecule has 1 aliphatic heterocycles. The second-order valence-electron chi connectivity index (χ2n) is 4.42. The van der Waals surface area contributed by atoms with Crippen LogP contribution in [0.5, 0.6) is 0 Å². The second-order valence-corrected chi connectivity index (χ2v) is 4.42. The maximum Gasteiger partial charge on any atom is 0.296 e. The molecule has 0 amide bonds. The van der Waals surface area contributed by atoms with Crippen LogP contribution in [0, 0.1) is 0 Å². The van der Waals surface area contributed by atoms with Crippen molar-refractivity contribution in [2.45, 2.75) is 0 Å². The van der Waals surface area contributed by atoms with Gasteiger partial charge in [-0.15, -0.1) is 10.4 Å². The van der Waals surface area contributed by atoms with Crippen LogP contribution >= 0.6 is 0 Å². The zero-order chi connectivity index (χ0) is 12.7. The summed E-state index contributed by atoms with van der Waals surface area (Å²) in [4.78, 5) is 6.85. The zero-order valence-electron chi connectivity index (χ0n) is 10.2. The van der Waals surface area contributed by atoms with E-state index in [4.69, 9.17) is 9.26 Å². The molecule has 7 nitrogen and oxygen atoms in total. The van der Waals surface area contributed by atoms with E-state index in [9.17, 15) is 0 Å². The maximum absolute atomic E-state index is 5.41. The number of nitrogens with zero attached hydrogens (tertiary/aromatic N) is 4. The normalized spacial score (nSPS) is 16.3. The van der Waals surface area contributed by atoms with E-state index in [1.807, 2.05) is 24.4 Å². The molecule has 0 saturated carbocycles. The number of anilines is 1. The van der Waals surface area contributed by atoms with Crippen molar-refractivity contribution in [3.05, 3.63) is 24.4 Å². The lowest BCUT2D eigenvalue weighted by Crippen LogP contribution is -2.37. The third-order valence-corrected chi connectivity index (χ3v) is 3.31. The molecule has 0 spiro atoms. The summed E-state index contributed by atoms with van der Waals surface area (Å²) in [6, 6.07) is 5.93. The predicted octanol–water partition coefficient (Wildman–Crippen LogP) is 1.15. The van der Waals surface area contributed by atoms with E-state index in [1.54, 1.807) is 0 Å². The van der Waals surface area contributed by atoms with Crippen molar-refractivity contribution in [1.29, 1.82) is 0 Å². The van der Waals surface area contributed by atoms with E-state index in [1.165, 1.54) is 0 Å². The molecule has 0 radical (unpaired) electrons. The molecule has 0 atom stereocenters. The highest BCUT2D eigenvalue weighted by atomic mass is 16.5. The van der Waals surface area contributed by atoms with Crippen molar-refractivity contribution < 1.29 is 9.26 Å². The molecule has 0 bridgehead atoms. The summed E-state index contributed by atoms with van der Waals surface area (Å²) in [5.74, 6) is 1.55. The summed E-state index contributed by atoms with van der Waals surface area (Å²) in [7, 11) is 0. The van der Waals surface area contributed by atoms with Crippen LogP contribution in [0.1, 0.15) is 0 Å². The molecule has 1 saturated heterocycles. The fraction of sp³-hybridized carbons (Fsp3) is 0.333. The number of hydrogen-bond donors (Lipinski definition) is 1. The van der Waals surface area contributed by atoms with E-state index in [2.05, 4.69) is 24.7 Å². The van der Waals surface area contributed by atoms with Gasteiger partial charge < -0.3 is 14.2 Å². The Hall–Kier alpha value is -2.28. The average molecular weight is 259 g/mol. The first-order chi connectivity index (χ1) is 9.43. The summed E-state index contributed by atoms with van der Waals surface area (Å²) in [5.41, 5.74) is 1.66. The molecule has 4 rings (SSSR count). The minimum absolute atomic E-state index is 0.533. The van der Waals surface area contributed by atoms with E-state index in [0.29, 0.717) is 5.89 Å². The van der Waals surface area contributed by atoms with E-state index < -0.39 is 0 Å². The Labute approximate surface area is 108 Å². The number of imidazole rings is 1. The minimum Gasteiger partial charge on any atom is -0.378 e. The van der Waals surface area contributed by atoms with Gasteiger partial charge in [-0.25, -0.2) is 4.98 Å². The number of H-pyrrole nitrogens is 1. The van der Waals surface area contributed by atoms with E-state index in [0.717, 1.165) is 43.5 Å². The Morgan fingerprint density at radius 1 is 1.21 bits per heavy atom. The quantitative estimate of drug-likeness (QED) is 0.747. The van der Waals surface area contributed by atoms with Crippen molar-refractivity contribution in [1.82, 2.24) is 19.8 Å². The van der Waals surface area contributed by atoms with Gasteiger partial charge in [0.1, 0.15) is 11.5 Å². The molecule has 1 N–H and O–H groups in total. The standard InChI is InChI=1S/C12H13N5O2/c1-2-4-17-9(3-1)13-10(11-14-15-19-11)12(17)16-5-7-18-8-6-16/h1-4,15H,5-8H2. The number of hydrogen-bond acceptors (Lipinski definition) is 5. The minimum atomic E-state index is 0.533. The Morgan fingerprint density at radius 3 is 2.79 bits per heavy atom. The molecule has 0 aliphatic carbocycles. The summed E-state index contributed by atoms with van der Waals surface area (Å²) in [6.07, 6.45) is 2.00. The first-order valence-electron chi connectivity index (χ1n) is 6.23. The van der Waals surface area contributed by atoms with Crippen LogP contribution in [0.25, 0.3) is 17.2 Å². The van der Waals surface area contributed by atoms with Gasteiger partial charge in [-0.05, 0) is 12.1 Å². The van der Waals surface area contributed by atoms with Gasteiger partial charge in [-0.2, -0.15) is 0 Å². The summed E-state index contributed by atoms with van der Waals surface area (Å²) < 4.78 is 12.6. The van der Waals surface area contributed by atoms with Crippen LogP contribution < -0.4 is 4.90 Å². The highest BCUT2D eigenvalue weighted by Crippen LogP contribution is 2.30. The molecular weight excluding hydrogens is 246 g/mol. The van der Waals surface area contributed by atoms with Gasteiger partial charge >= 0.3 is 0 Å². The number of aromatic amines is 1. The van der Waals surface area contributed by atoms with Crippen molar-refractivity contribution in [2.75, 3.05) is 31.2 Å². The number of rotatable bonds is 2. The molecule has 4 heterocycles. The lowest BCUT2D eigenvalue weighted by Gasteiger charge is -2.28. The number of aromatic nitrogens is 4. The lowest BCUT2D eigenvalue weighted by molar-refractivity contribution is 0.122. The fourth-order valence-corrected chi connectivity index (χ4v) is 2.40. The van der Waals surface area contributed by atoms with Crippen LogP contribution in [-0.4, -0.2) is 46.1 Å². The molecular formula is C12H13N5O2. The monoisotopic (exact) mass is 259 g/mol. The van der Waals surface area contributed by atoms with E-state index >= 15 is 0 Å². The van der Waals surface area contributed by atoms with Gasteiger partial charge in [-0.3, -0.25) is 4.40 Å². The smallest absolute Gasteiger partial charge is 0.296 e. The van der Waals surface area contributed by atoms with Gasteiger partial charge in [0.15, 0.2) is 5.69 Å². The second kappa shape index (κ2) is 4.13. The fourth-order valence-electron chi connectivity index (χ4n) is 2.40. The predicted molar refractivity (Wildman–Crippen MR) is 68.1 cm³/mol. The Bertz CT molecular complexity index is 683. The number of pyridine rings is 1. The van der Waals surface area contributed by atoms with Gasteiger partial charge in [-0.1, -0.05) is 6.07 Å². The van der Waals surface area contributed by atoms with Crippen LogP contribution in [0.3, 0.4) is 0 Å². The van der Waals surface area contributed by atoms with Crippen LogP contribution in [-0.2, 0) is 4.74 Å². The largest absolute Gasteiger partial charge is 0.378 e. The van der Waals surface area contributed by atoms with Crippen LogP contribution in [0.4, 0.5) is 5.82 Å². The summed E-state index contributed by atoms with van der Waals surface area (Å²) in [6.45, 7) is 3.14. The Kier molecular flexibility index (Phi) is 2.31. The number of morpholine rings is 1. The molecule has 98 valence electrons. The molecule has 0 unspecified atom stereocenters. The van der Waals surface area contributed by atoms with Gasteiger partial charge in [0.2, 0.25) is 0 Å². The number of fused-ring (bicyclic) bond motifs is 1. The van der Waals surface area contributed by atoms with Crippen molar-refractivity contribution in [3.8, 4) is 11.6 Å². The molecule has 3 aromatic heterocycles. The first-order valence-corrected chi connectivity index (χ1v) is 6.23. The Balaban J connectivity index is 1.91. The first kappa shape index (κ1) is 10.6. The average Bonchev–Trinajstić information content (AvgIpc) is 2.76. The molecule has 3 aromatic rings. The Morgan fingerprint density at radius 2 is 2.05 bits per heavy atom. The zero-order valence-corrected chi connectivity index (χ0v) is 10.2. The highest BCUT2D eigenvalue weighted by molar-refractivity contribution is 5.72. The van der Waals surface area contributed by atoms with E-state index in [-0.39, 0.29) is 0 Å². The van der Waals surface area contributed by atoms with Crippen molar-refractivity contribution in [3.63, 3.8) is 0 Å². The molecule has 19 heavy (non-hydrogen) atoms. The topological polar surface area (TPSA) is 71.6 Å². The molecule has 0 aromatic carbocycles. The van der Waals surface area contributed by atoms with Crippen LogP contribution in [0.15, 0.2) is 28.9 Å².